The van der Waals surface area contributed by atoms with Gasteiger partial charge in [-0.1, -0.05) is 33.1 Å². The van der Waals surface area contributed by atoms with Gasteiger partial charge in [0.25, 0.3) is 0 Å². The van der Waals surface area contributed by atoms with Gasteiger partial charge in [0.1, 0.15) is 0 Å². The molecule has 1 aromatic rings. The molecule has 1 saturated carbocycles. The largest absolute Gasteiger partial charge is 0.345 e. The van der Waals surface area contributed by atoms with Crippen LogP contribution in [0, 0.1) is 0 Å². The summed E-state index contributed by atoms with van der Waals surface area (Å²) in [5, 5.41) is 1.19. The minimum absolute atomic E-state index is 0.466. The number of nitrogens with zero attached hydrogens (tertiary/aromatic N) is 2. The van der Waals surface area contributed by atoms with Crippen molar-refractivity contribution >= 4 is 16.5 Å². The van der Waals surface area contributed by atoms with E-state index in [1.165, 1.54) is 47.8 Å². The summed E-state index contributed by atoms with van der Waals surface area (Å²) in [6, 6.07) is 0.690. The minimum atomic E-state index is 0.466. The molecule has 2 N–H and O–H groups in total. The monoisotopic (exact) mass is 281 g/mol. The van der Waals surface area contributed by atoms with Crippen LogP contribution in [-0.4, -0.2) is 17.6 Å². The molecule has 0 aromatic carbocycles. The molecular weight excluding hydrogens is 254 g/mol. The van der Waals surface area contributed by atoms with Crippen LogP contribution in [0.5, 0.6) is 0 Å². The first kappa shape index (κ1) is 14.8. The molecule has 0 aliphatic heterocycles. The first-order valence-electron chi connectivity index (χ1n) is 7.63. The summed E-state index contributed by atoms with van der Waals surface area (Å²) in [5.41, 5.74) is 7.08. The summed E-state index contributed by atoms with van der Waals surface area (Å²) < 4.78 is 0. The van der Waals surface area contributed by atoms with Crippen molar-refractivity contribution in [2.24, 2.45) is 5.73 Å². The van der Waals surface area contributed by atoms with Crippen LogP contribution in [0.15, 0.2) is 0 Å². The second-order valence-electron chi connectivity index (χ2n) is 5.74. The Morgan fingerprint density at radius 2 is 2.00 bits per heavy atom. The van der Waals surface area contributed by atoms with Crippen molar-refractivity contribution in [1.82, 2.24) is 4.98 Å². The van der Waals surface area contributed by atoms with E-state index in [1.807, 2.05) is 0 Å². The smallest absolute Gasteiger partial charge is 0.186 e. The van der Waals surface area contributed by atoms with Crippen molar-refractivity contribution < 1.29 is 0 Å². The van der Waals surface area contributed by atoms with Crippen molar-refractivity contribution in [3.05, 3.63) is 10.6 Å². The Morgan fingerprint density at radius 1 is 1.32 bits per heavy atom. The molecule has 0 spiro atoms. The molecule has 0 radical (unpaired) electrons. The van der Waals surface area contributed by atoms with Crippen LogP contribution in [0.2, 0.25) is 0 Å². The Labute approximate surface area is 121 Å². The van der Waals surface area contributed by atoms with Gasteiger partial charge < -0.3 is 10.6 Å². The molecule has 0 atom stereocenters. The fourth-order valence-electron chi connectivity index (χ4n) is 3.01. The standard InChI is InChI=1S/C15H27N3S/c1-4-18(12-8-6-5-7-9-12)15-17-14(11(2)3)13(10-16)19-15/h11-12H,4-10,16H2,1-3H3. The maximum atomic E-state index is 5.87. The average molecular weight is 281 g/mol. The molecule has 0 unspecified atom stereocenters. The fraction of sp³-hybridized carbons (Fsp3) is 0.800. The van der Waals surface area contributed by atoms with Gasteiger partial charge in [-0.15, -0.1) is 11.3 Å². The second-order valence-corrected chi connectivity index (χ2v) is 6.80. The Balaban J connectivity index is 2.22. The molecule has 1 aliphatic carbocycles. The highest BCUT2D eigenvalue weighted by Crippen LogP contribution is 2.34. The molecule has 1 aliphatic rings. The van der Waals surface area contributed by atoms with Crippen LogP contribution in [0.1, 0.15) is 69.4 Å². The van der Waals surface area contributed by atoms with Gasteiger partial charge in [-0.25, -0.2) is 4.98 Å². The van der Waals surface area contributed by atoms with Gasteiger partial charge >= 0.3 is 0 Å². The molecule has 0 saturated heterocycles. The number of hydrogen-bond donors (Lipinski definition) is 1. The molecule has 3 nitrogen and oxygen atoms in total. The van der Waals surface area contributed by atoms with E-state index in [9.17, 15) is 0 Å². The van der Waals surface area contributed by atoms with Gasteiger partial charge in [-0.2, -0.15) is 0 Å². The van der Waals surface area contributed by atoms with E-state index >= 15 is 0 Å². The topological polar surface area (TPSA) is 42.2 Å². The molecule has 4 heteroatoms. The first-order chi connectivity index (χ1) is 9.17. The van der Waals surface area contributed by atoms with Crippen LogP contribution in [0.25, 0.3) is 0 Å². The van der Waals surface area contributed by atoms with Gasteiger partial charge in [0.05, 0.1) is 5.69 Å². The van der Waals surface area contributed by atoms with E-state index in [4.69, 9.17) is 10.7 Å². The lowest BCUT2D eigenvalue weighted by molar-refractivity contribution is 0.417. The van der Waals surface area contributed by atoms with Crippen LogP contribution < -0.4 is 10.6 Å². The zero-order valence-corrected chi connectivity index (χ0v) is 13.3. The van der Waals surface area contributed by atoms with Gasteiger partial charge in [0, 0.05) is 24.0 Å². The molecule has 19 heavy (non-hydrogen) atoms. The number of aromatic nitrogens is 1. The Hall–Kier alpha value is -0.610. The molecule has 1 heterocycles. The predicted molar refractivity (Wildman–Crippen MR) is 84.0 cm³/mol. The third kappa shape index (κ3) is 3.29. The minimum Gasteiger partial charge on any atom is -0.345 e. The van der Waals surface area contributed by atoms with Gasteiger partial charge in [0.15, 0.2) is 5.13 Å². The van der Waals surface area contributed by atoms with Crippen molar-refractivity contribution in [2.75, 3.05) is 11.4 Å². The van der Waals surface area contributed by atoms with Crippen molar-refractivity contribution in [3.63, 3.8) is 0 Å². The lowest BCUT2D eigenvalue weighted by Gasteiger charge is -2.33. The van der Waals surface area contributed by atoms with Gasteiger partial charge in [-0.05, 0) is 25.7 Å². The summed E-state index contributed by atoms with van der Waals surface area (Å²) in [6.07, 6.45) is 6.78. The summed E-state index contributed by atoms with van der Waals surface area (Å²) in [4.78, 5) is 8.66. The zero-order valence-electron chi connectivity index (χ0n) is 12.5. The number of anilines is 1. The van der Waals surface area contributed by atoms with Gasteiger partial charge in [0.2, 0.25) is 0 Å². The summed E-state index contributed by atoms with van der Waals surface area (Å²) in [5.74, 6) is 0.466. The third-order valence-corrected chi connectivity index (χ3v) is 5.18. The van der Waals surface area contributed by atoms with Crippen LogP contribution in [-0.2, 0) is 6.54 Å². The van der Waals surface area contributed by atoms with E-state index in [0.717, 1.165) is 6.54 Å². The Bertz CT molecular complexity index is 394. The lowest BCUT2D eigenvalue weighted by atomic mass is 9.94. The van der Waals surface area contributed by atoms with E-state index in [1.54, 1.807) is 11.3 Å². The first-order valence-corrected chi connectivity index (χ1v) is 8.45. The van der Waals surface area contributed by atoms with E-state index in [-0.39, 0.29) is 0 Å². The summed E-state index contributed by atoms with van der Waals surface area (Å²) >= 11 is 1.80. The fourth-order valence-corrected chi connectivity index (χ4v) is 4.24. The highest BCUT2D eigenvalue weighted by atomic mass is 32.1. The van der Waals surface area contributed by atoms with E-state index in [0.29, 0.717) is 18.5 Å². The van der Waals surface area contributed by atoms with Crippen LogP contribution in [0.4, 0.5) is 5.13 Å². The van der Waals surface area contributed by atoms with Crippen LogP contribution in [0.3, 0.4) is 0 Å². The molecule has 108 valence electrons. The number of nitrogens with two attached hydrogens (primary N) is 1. The number of hydrogen-bond acceptors (Lipinski definition) is 4. The van der Waals surface area contributed by atoms with Crippen molar-refractivity contribution in [1.29, 1.82) is 0 Å². The molecule has 1 fully saturated rings. The van der Waals surface area contributed by atoms with Crippen LogP contribution >= 0.6 is 11.3 Å². The third-order valence-electron chi connectivity index (χ3n) is 4.05. The second kappa shape index (κ2) is 6.71. The molecule has 0 amide bonds. The van der Waals surface area contributed by atoms with Gasteiger partial charge in [-0.3, -0.25) is 0 Å². The number of thiazole rings is 1. The molecule has 1 aromatic heterocycles. The molecule has 2 rings (SSSR count). The Morgan fingerprint density at radius 3 is 2.47 bits per heavy atom. The zero-order chi connectivity index (χ0) is 13.8. The maximum Gasteiger partial charge on any atom is 0.186 e. The predicted octanol–water partition coefficient (Wildman–Crippen LogP) is 3.88. The highest BCUT2D eigenvalue weighted by Gasteiger charge is 2.24. The van der Waals surface area contributed by atoms with E-state index in [2.05, 4.69) is 25.7 Å². The average Bonchev–Trinajstić information content (AvgIpc) is 2.85. The maximum absolute atomic E-state index is 5.87. The van der Waals surface area contributed by atoms with Crippen molar-refractivity contribution in [2.45, 2.75) is 71.4 Å². The SMILES string of the molecule is CCN(c1nc(C(C)C)c(CN)s1)C1CCCCC1. The summed E-state index contributed by atoms with van der Waals surface area (Å²) in [7, 11) is 0. The molecular formula is C15H27N3S. The normalized spacial score (nSPS) is 17.1. The van der Waals surface area contributed by atoms with E-state index < -0.39 is 0 Å². The highest BCUT2D eigenvalue weighted by molar-refractivity contribution is 7.15. The quantitative estimate of drug-likeness (QED) is 0.890. The Kier molecular flexibility index (Phi) is 5.22. The van der Waals surface area contributed by atoms with Crippen molar-refractivity contribution in [3.8, 4) is 0 Å². The summed E-state index contributed by atoms with van der Waals surface area (Å²) in [6.45, 7) is 8.32. The lowest BCUT2D eigenvalue weighted by Crippen LogP contribution is -2.36. The number of rotatable bonds is 5. The molecule has 0 bridgehead atoms.